The van der Waals surface area contributed by atoms with Gasteiger partial charge >= 0.3 is 0 Å². The Kier molecular flexibility index (Phi) is 8.33. The van der Waals surface area contributed by atoms with Crippen LogP contribution in [0.25, 0.3) is 11.1 Å². The molecule has 2 rings (SSSR count). The molecule has 2 aromatic carbocycles. The third-order valence-corrected chi connectivity index (χ3v) is 4.37. The highest BCUT2D eigenvalue weighted by Gasteiger charge is 2.15. The fourth-order valence-corrected chi connectivity index (χ4v) is 2.86. The van der Waals surface area contributed by atoms with Crippen molar-refractivity contribution in [1.29, 1.82) is 0 Å². The van der Waals surface area contributed by atoms with Crippen LogP contribution in [0.15, 0.2) is 48.7 Å². The Balaban J connectivity index is 2.02. The van der Waals surface area contributed by atoms with Gasteiger partial charge in [0, 0.05) is 5.56 Å². The normalized spacial score (nSPS) is 11.2. The molecule has 0 radical (unpaired) electrons. The van der Waals surface area contributed by atoms with Crippen LogP contribution in [0.3, 0.4) is 0 Å². The molecule has 0 bridgehead atoms. The van der Waals surface area contributed by atoms with E-state index in [0.29, 0.717) is 5.56 Å². The minimum atomic E-state index is -0.948. The molecular formula is C23H28F2O. The van der Waals surface area contributed by atoms with E-state index < -0.39 is 11.6 Å². The molecule has 0 N–H and O–H groups in total. The first kappa shape index (κ1) is 20.2. The molecule has 0 aliphatic heterocycles. The second-order valence-electron chi connectivity index (χ2n) is 6.53. The van der Waals surface area contributed by atoms with Crippen molar-refractivity contribution in [3.63, 3.8) is 0 Å². The van der Waals surface area contributed by atoms with Crippen LogP contribution in [0, 0.1) is 11.6 Å². The molecule has 140 valence electrons. The molecule has 0 heterocycles. The van der Waals surface area contributed by atoms with E-state index in [9.17, 15) is 8.78 Å². The van der Waals surface area contributed by atoms with Crippen LogP contribution in [0.5, 0.6) is 5.75 Å². The lowest BCUT2D eigenvalue weighted by Crippen LogP contribution is -1.95. The Hall–Kier alpha value is -2.16. The summed E-state index contributed by atoms with van der Waals surface area (Å²) in [6, 6.07) is 10.6. The van der Waals surface area contributed by atoms with Crippen LogP contribution < -0.4 is 4.74 Å². The Morgan fingerprint density at radius 3 is 2.31 bits per heavy atom. The van der Waals surface area contributed by atoms with E-state index in [2.05, 4.69) is 13.8 Å². The van der Waals surface area contributed by atoms with Crippen molar-refractivity contribution in [1.82, 2.24) is 0 Å². The molecule has 0 saturated carbocycles. The number of rotatable bonds is 10. The van der Waals surface area contributed by atoms with Crippen molar-refractivity contribution < 1.29 is 13.5 Å². The van der Waals surface area contributed by atoms with Crippen molar-refractivity contribution in [2.45, 2.75) is 58.8 Å². The molecule has 0 spiro atoms. The van der Waals surface area contributed by atoms with Crippen LogP contribution >= 0.6 is 0 Å². The number of halogens is 2. The summed E-state index contributed by atoms with van der Waals surface area (Å²) >= 11 is 0. The van der Waals surface area contributed by atoms with Crippen molar-refractivity contribution in [2.75, 3.05) is 0 Å². The lowest BCUT2D eigenvalue weighted by molar-refractivity contribution is 0.414. The zero-order valence-electron chi connectivity index (χ0n) is 15.7. The first-order valence-corrected chi connectivity index (χ1v) is 9.56. The third kappa shape index (κ3) is 5.69. The van der Waals surface area contributed by atoms with Gasteiger partial charge in [0.05, 0.1) is 6.26 Å². The van der Waals surface area contributed by atoms with Crippen LogP contribution in [-0.4, -0.2) is 0 Å². The monoisotopic (exact) mass is 358 g/mol. The quantitative estimate of drug-likeness (QED) is 0.316. The molecule has 26 heavy (non-hydrogen) atoms. The van der Waals surface area contributed by atoms with Gasteiger partial charge in [-0.05, 0) is 48.6 Å². The van der Waals surface area contributed by atoms with Crippen molar-refractivity contribution in [3.8, 4) is 16.9 Å². The van der Waals surface area contributed by atoms with E-state index in [1.165, 1.54) is 37.2 Å². The smallest absolute Gasteiger partial charge is 0.201 e. The largest absolute Gasteiger partial charge is 0.462 e. The lowest BCUT2D eigenvalue weighted by atomic mass is 10.0. The van der Waals surface area contributed by atoms with E-state index in [1.807, 2.05) is 30.3 Å². The molecule has 0 aliphatic rings. The average molecular weight is 358 g/mol. The molecule has 2 aromatic rings. The van der Waals surface area contributed by atoms with Gasteiger partial charge in [0.1, 0.15) is 0 Å². The SMILES string of the molecule is CCCCCC/C=C/Oc1ccc(-c2ccc(CCC)cc2)c(F)c1F. The van der Waals surface area contributed by atoms with Crippen LogP contribution in [0.2, 0.25) is 0 Å². The van der Waals surface area contributed by atoms with Gasteiger partial charge in [-0.25, -0.2) is 4.39 Å². The molecule has 1 nitrogen and oxygen atoms in total. The van der Waals surface area contributed by atoms with E-state index in [-0.39, 0.29) is 11.3 Å². The van der Waals surface area contributed by atoms with E-state index in [0.717, 1.165) is 25.7 Å². The number of hydrogen-bond donors (Lipinski definition) is 0. The maximum atomic E-state index is 14.4. The number of benzene rings is 2. The highest BCUT2D eigenvalue weighted by atomic mass is 19.2. The molecular weight excluding hydrogens is 330 g/mol. The Labute approximate surface area is 155 Å². The maximum absolute atomic E-state index is 14.4. The molecule has 0 atom stereocenters. The molecule has 0 saturated heterocycles. The Morgan fingerprint density at radius 2 is 1.62 bits per heavy atom. The summed E-state index contributed by atoms with van der Waals surface area (Å²) < 4.78 is 34.0. The van der Waals surface area contributed by atoms with Crippen LogP contribution in [-0.2, 0) is 6.42 Å². The van der Waals surface area contributed by atoms with Crippen molar-refractivity contribution in [3.05, 3.63) is 65.9 Å². The predicted octanol–water partition coefficient (Wildman–Crippen LogP) is 7.45. The van der Waals surface area contributed by atoms with Gasteiger partial charge in [-0.3, -0.25) is 0 Å². The average Bonchev–Trinajstić information content (AvgIpc) is 2.65. The number of hydrogen-bond acceptors (Lipinski definition) is 1. The number of allylic oxidation sites excluding steroid dienone is 1. The van der Waals surface area contributed by atoms with E-state index >= 15 is 0 Å². The first-order valence-electron chi connectivity index (χ1n) is 9.56. The zero-order valence-corrected chi connectivity index (χ0v) is 15.7. The lowest BCUT2D eigenvalue weighted by Gasteiger charge is -2.09. The molecule has 0 aliphatic carbocycles. The highest BCUT2D eigenvalue weighted by Crippen LogP contribution is 2.30. The molecule has 0 unspecified atom stereocenters. The third-order valence-electron chi connectivity index (χ3n) is 4.37. The van der Waals surface area contributed by atoms with Gasteiger partial charge < -0.3 is 4.74 Å². The summed E-state index contributed by atoms with van der Waals surface area (Å²) in [6.45, 7) is 4.28. The number of ether oxygens (including phenoxy) is 1. The first-order chi connectivity index (χ1) is 12.7. The summed E-state index contributed by atoms with van der Waals surface area (Å²) in [4.78, 5) is 0. The summed E-state index contributed by atoms with van der Waals surface area (Å²) in [5, 5.41) is 0. The topological polar surface area (TPSA) is 9.23 Å². The van der Waals surface area contributed by atoms with Crippen LogP contribution in [0.1, 0.15) is 57.9 Å². The maximum Gasteiger partial charge on any atom is 0.201 e. The van der Waals surface area contributed by atoms with Gasteiger partial charge in [-0.2, -0.15) is 4.39 Å². The summed E-state index contributed by atoms with van der Waals surface area (Å²) in [6.07, 6.45) is 10.9. The van der Waals surface area contributed by atoms with Gasteiger partial charge in [-0.15, -0.1) is 0 Å². The highest BCUT2D eigenvalue weighted by molar-refractivity contribution is 5.65. The fraction of sp³-hybridized carbons (Fsp3) is 0.391. The molecule has 0 fully saturated rings. The minimum Gasteiger partial charge on any atom is -0.462 e. The van der Waals surface area contributed by atoms with Crippen LogP contribution in [0.4, 0.5) is 8.78 Å². The molecule has 0 aromatic heterocycles. The van der Waals surface area contributed by atoms with Gasteiger partial charge in [0.15, 0.2) is 11.6 Å². The molecule has 3 heteroatoms. The van der Waals surface area contributed by atoms with Gasteiger partial charge in [0.25, 0.3) is 0 Å². The standard InChI is InChI=1S/C23H28F2O/c1-3-5-6-7-8-9-17-26-21-16-15-20(22(24)23(21)25)19-13-11-18(10-4-2)12-14-19/h9,11-17H,3-8,10H2,1-2H3/b17-9+. The minimum absolute atomic E-state index is 0.0846. The fourth-order valence-electron chi connectivity index (χ4n) is 2.86. The predicted molar refractivity (Wildman–Crippen MR) is 104 cm³/mol. The van der Waals surface area contributed by atoms with Gasteiger partial charge in [-0.1, -0.05) is 63.8 Å². The Bertz CT molecular complexity index is 705. The van der Waals surface area contributed by atoms with E-state index in [4.69, 9.17) is 4.74 Å². The Morgan fingerprint density at radius 1 is 0.846 bits per heavy atom. The summed E-state index contributed by atoms with van der Waals surface area (Å²) in [7, 11) is 0. The van der Waals surface area contributed by atoms with Gasteiger partial charge in [0.2, 0.25) is 5.82 Å². The second-order valence-corrected chi connectivity index (χ2v) is 6.53. The second kappa shape index (κ2) is 10.7. The van der Waals surface area contributed by atoms with E-state index in [1.54, 1.807) is 6.07 Å². The summed E-state index contributed by atoms with van der Waals surface area (Å²) in [5.41, 5.74) is 2.11. The number of aryl methyl sites for hydroxylation is 1. The number of unbranched alkanes of at least 4 members (excludes halogenated alkanes) is 4. The van der Waals surface area contributed by atoms with Crippen molar-refractivity contribution in [2.24, 2.45) is 0 Å². The molecule has 0 amide bonds. The van der Waals surface area contributed by atoms with Crippen molar-refractivity contribution >= 4 is 0 Å². The zero-order chi connectivity index (χ0) is 18.8. The summed E-state index contributed by atoms with van der Waals surface area (Å²) in [5.74, 6) is -1.91.